The molecule has 0 fully saturated rings. The van der Waals surface area contributed by atoms with Gasteiger partial charge >= 0.3 is 0 Å². The SMILES string of the molecule is O=[N+]([O-])c1ccc(F)cc1NCC1CC=CCC1. The summed E-state index contributed by atoms with van der Waals surface area (Å²) < 4.78 is 13.1. The van der Waals surface area contributed by atoms with Crippen LogP contribution in [0.4, 0.5) is 15.8 Å². The lowest BCUT2D eigenvalue weighted by molar-refractivity contribution is -0.384. The first-order valence-electron chi connectivity index (χ1n) is 5.99. The molecule has 0 aliphatic heterocycles. The molecule has 4 nitrogen and oxygen atoms in total. The second kappa shape index (κ2) is 5.62. The summed E-state index contributed by atoms with van der Waals surface area (Å²) in [4.78, 5) is 10.3. The van der Waals surface area contributed by atoms with Crippen molar-refractivity contribution in [3.05, 3.63) is 46.3 Å². The van der Waals surface area contributed by atoms with Crippen LogP contribution in [0.15, 0.2) is 30.4 Å². The predicted molar refractivity (Wildman–Crippen MR) is 68.0 cm³/mol. The molecule has 2 rings (SSSR count). The highest BCUT2D eigenvalue weighted by atomic mass is 19.1. The highest BCUT2D eigenvalue weighted by Gasteiger charge is 2.16. The molecular weight excluding hydrogens is 235 g/mol. The fourth-order valence-electron chi connectivity index (χ4n) is 2.11. The van der Waals surface area contributed by atoms with E-state index < -0.39 is 10.7 Å². The van der Waals surface area contributed by atoms with Gasteiger partial charge in [-0.1, -0.05) is 12.2 Å². The Balaban J connectivity index is 2.05. The van der Waals surface area contributed by atoms with Crippen molar-refractivity contribution in [2.45, 2.75) is 19.3 Å². The van der Waals surface area contributed by atoms with Crippen LogP contribution in [-0.2, 0) is 0 Å². The number of rotatable bonds is 4. The van der Waals surface area contributed by atoms with Crippen molar-refractivity contribution in [2.24, 2.45) is 5.92 Å². The normalized spacial score (nSPS) is 18.6. The van der Waals surface area contributed by atoms with Crippen LogP contribution < -0.4 is 5.32 Å². The molecule has 1 unspecified atom stereocenters. The zero-order valence-corrected chi connectivity index (χ0v) is 9.93. The average molecular weight is 250 g/mol. The lowest BCUT2D eigenvalue weighted by Crippen LogP contribution is -2.16. The van der Waals surface area contributed by atoms with Gasteiger partial charge in [-0.3, -0.25) is 10.1 Å². The minimum Gasteiger partial charge on any atom is -0.379 e. The van der Waals surface area contributed by atoms with E-state index in [0.717, 1.165) is 25.3 Å². The molecule has 1 aliphatic rings. The summed E-state index contributed by atoms with van der Waals surface area (Å²) in [6.45, 7) is 0.634. The molecule has 96 valence electrons. The number of benzene rings is 1. The zero-order valence-electron chi connectivity index (χ0n) is 9.93. The Bertz CT molecular complexity index is 474. The van der Waals surface area contributed by atoms with E-state index in [2.05, 4.69) is 17.5 Å². The van der Waals surface area contributed by atoms with Gasteiger partial charge in [0.2, 0.25) is 0 Å². The summed E-state index contributed by atoms with van der Waals surface area (Å²) >= 11 is 0. The molecule has 1 aromatic rings. The maximum atomic E-state index is 13.1. The van der Waals surface area contributed by atoms with Crippen molar-refractivity contribution in [3.8, 4) is 0 Å². The topological polar surface area (TPSA) is 55.2 Å². The summed E-state index contributed by atoms with van der Waals surface area (Å²) in [6.07, 6.45) is 7.33. The zero-order chi connectivity index (χ0) is 13.0. The number of nitrogens with one attached hydrogen (secondary N) is 1. The van der Waals surface area contributed by atoms with Crippen molar-refractivity contribution < 1.29 is 9.31 Å². The Labute approximate surface area is 105 Å². The van der Waals surface area contributed by atoms with Crippen molar-refractivity contribution >= 4 is 11.4 Å². The van der Waals surface area contributed by atoms with Gasteiger partial charge in [-0.25, -0.2) is 4.39 Å². The van der Waals surface area contributed by atoms with Crippen LogP contribution in [0.25, 0.3) is 0 Å². The molecule has 1 aliphatic carbocycles. The van der Waals surface area contributed by atoms with Crippen LogP contribution in [0.2, 0.25) is 0 Å². The van der Waals surface area contributed by atoms with Gasteiger partial charge < -0.3 is 5.32 Å². The van der Waals surface area contributed by atoms with E-state index in [1.54, 1.807) is 0 Å². The number of anilines is 1. The highest BCUT2D eigenvalue weighted by Crippen LogP contribution is 2.26. The Morgan fingerprint density at radius 3 is 2.94 bits per heavy atom. The smallest absolute Gasteiger partial charge is 0.292 e. The van der Waals surface area contributed by atoms with Gasteiger partial charge in [0.25, 0.3) is 5.69 Å². The fourth-order valence-corrected chi connectivity index (χ4v) is 2.11. The van der Waals surface area contributed by atoms with E-state index in [4.69, 9.17) is 0 Å². The van der Waals surface area contributed by atoms with Crippen molar-refractivity contribution in [1.29, 1.82) is 0 Å². The summed E-state index contributed by atoms with van der Waals surface area (Å²) in [5.74, 6) is -0.00971. The number of halogens is 1. The highest BCUT2D eigenvalue weighted by molar-refractivity contribution is 5.61. The third kappa shape index (κ3) is 3.06. The van der Waals surface area contributed by atoms with Gasteiger partial charge in [0, 0.05) is 18.7 Å². The number of nitro groups is 1. The molecule has 0 spiro atoms. The van der Waals surface area contributed by atoms with E-state index >= 15 is 0 Å². The Kier molecular flexibility index (Phi) is 3.92. The minimum atomic E-state index is -0.497. The number of nitrogens with zero attached hydrogens (tertiary/aromatic N) is 1. The summed E-state index contributed by atoms with van der Waals surface area (Å²) in [6, 6.07) is 3.47. The van der Waals surface area contributed by atoms with Gasteiger partial charge in [-0.05, 0) is 31.2 Å². The summed E-state index contributed by atoms with van der Waals surface area (Å²) in [5, 5.41) is 13.8. The Hall–Kier alpha value is -1.91. The minimum absolute atomic E-state index is 0.0808. The van der Waals surface area contributed by atoms with E-state index in [0.29, 0.717) is 12.5 Å². The number of hydrogen-bond donors (Lipinski definition) is 1. The van der Waals surface area contributed by atoms with Crippen LogP contribution in [0.1, 0.15) is 19.3 Å². The molecule has 18 heavy (non-hydrogen) atoms. The van der Waals surface area contributed by atoms with Crippen molar-refractivity contribution in [2.75, 3.05) is 11.9 Å². The largest absolute Gasteiger partial charge is 0.379 e. The third-order valence-corrected chi connectivity index (χ3v) is 3.11. The second-order valence-corrected chi connectivity index (χ2v) is 4.45. The van der Waals surface area contributed by atoms with Crippen LogP contribution >= 0.6 is 0 Å². The van der Waals surface area contributed by atoms with Crippen LogP contribution in [-0.4, -0.2) is 11.5 Å². The standard InChI is InChI=1S/C13H15FN2O2/c14-11-6-7-13(16(17)18)12(8-11)15-9-10-4-2-1-3-5-10/h1-2,6-8,10,15H,3-5,9H2. The molecule has 5 heteroatoms. The maximum absolute atomic E-state index is 13.1. The lowest BCUT2D eigenvalue weighted by atomic mass is 9.94. The lowest BCUT2D eigenvalue weighted by Gasteiger charge is -2.18. The molecule has 1 aromatic carbocycles. The van der Waals surface area contributed by atoms with Crippen LogP contribution in [0, 0.1) is 21.8 Å². The second-order valence-electron chi connectivity index (χ2n) is 4.45. The third-order valence-electron chi connectivity index (χ3n) is 3.11. The maximum Gasteiger partial charge on any atom is 0.292 e. The van der Waals surface area contributed by atoms with Gasteiger partial charge in [0.05, 0.1) is 4.92 Å². The van der Waals surface area contributed by atoms with E-state index in [9.17, 15) is 14.5 Å². The summed E-state index contributed by atoms with van der Waals surface area (Å²) in [5.41, 5.74) is 0.178. The molecule has 1 atom stereocenters. The molecule has 0 radical (unpaired) electrons. The Morgan fingerprint density at radius 2 is 2.28 bits per heavy atom. The molecule has 0 aromatic heterocycles. The first-order chi connectivity index (χ1) is 8.66. The van der Waals surface area contributed by atoms with E-state index in [1.807, 2.05) is 0 Å². The van der Waals surface area contributed by atoms with E-state index in [-0.39, 0.29) is 11.4 Å². The van der Waals surface area contributed by atoms with Gasteiger partial charge in [-0.15, -0.1) is 0 Å². The van der Waals surface area contributed by atoms with Gasteiger partial charge in [0.15, 0.2) is 0 Å². The fraction of sp³-hybridized carbons (Fsp3) is 0.385. The first kappa shape index (κ1) is 12.5. The van der Waals surface area contributed by atoms with Gasteiger partial charge in [-0.2, -0.15) is 0 Å². The predicted octanol–water partition coefficient (Wildman–Crippen LogP) is 3.50. The molecule has 0 amide bonds. The van der Waals surface area contributed by atoms with Gasteiger partial charge in [0.1, 0.15) is 11.5 Å². The summed E-state index contributed by atoms with van der Waals surface area (Å²) in [7, 11) is 0. The molecule has 0 bridgehead atoms. The number of nitro benzene ring substituents is 1. The van der Waals surface area contributed by atoms with Crippen molar-refractivity contribution in [3.63, 3.8) is 0 Å². The molecular formula is C13H15FN2O2. The molecule has 0 saturated carbocycles. The van der Waals surface area contributed by atoms with E-state index in [1.165, 1.54) is 12.1 Å². The Morgan fingerprint density at radius 1 is 1.44 bits per heavy atom. The monoisotopic (exact) mass is 250 g/mol. The quantitative estimate of drug-likeness (QED) is 0.505. The van der Waals surface area contributed by atoms with Crippen LogP contribution in [0.5, 0.6) is 0 Å². The first-order valence-corrected chi connectivity index (χ1v) is 5.99. The number of hydrogen-bond acceptors (Lipinski definition) is 3. The molecule has 0 saturated heterocycles. The van der Waals surface area contributed by atoms with Crippen molar-refractivity contribution in [1.82, 2.24) is 0 Å². The average Bonchev–Trinajstić information content (AvgIpc) is 2.37. The molecule has 1 N–H and O–H groups in total. The number of allylic oxidation sites excluding steroid dienone is 2. The van der Waals surface area contributed by atoms with Crippen LogP contribution in [0.3, 0.4) is 0 Å². The molecule has 0 heterocycles.